The van der Waals surface area contributed by atoms with Crippen LogP contribution in [0.25, 0.3) is 0 Å². The summed E-state index contributed by atoms with van der Waals surface area (Å²) < 4.78 is 6.90. The highest BCUT2D eigenvalue weighted by Gasteiger charge is 2.50. The van der Waals surface area contributed by atoms with Crippen molar-refractivity contribution in [3.63, 3.8) is 0 Å². The largest absolute Gasteiger partial charge is 0.406 e. The van der Waals surface area contributed by atoms with Gasteiger partial charge in [0.05, 0.1) is 0 Å². The number of carbonyl (C=O) groups excluding carboxylic acids is 1. The van der Waals surface area contributed by atoms with E-state index < -0.39 is 8.32 Å². The summed E-state index contributed by atoms with van der Waals surface area (Å²) in [4.78, 5) is 11.7. The molecule has 0 spiro atoms. The quantitative estimate of drug-likeness (QED) is 0.472. The summed E-state index contributed by atoms with van der Waals surface area (Å²) in [5, 5.41) is 2.66. The monoisotopic (exact) mass is 398 g/mol. The molecule has 2 rings (SSSR count). The van der Waals surface area contributed by atoms with Gasteiger partial charge in [-0.2, -0.15) is 0 Å². The van der Waals surface area contributed by atoms with Gasteiger partial charge in [0.25, 0.3) is 8.32 Å². The Kier molecular flexibility index (Phi) is 7.65. The van der Waals surface area contributed by atoms with E-state index in [4.69, 9.17) is 4.43 Å². The van der Waals surface area contributed by atoms with Crippen molar-refractivity contribution >= 4 is 35.6 Å². The summed E-state index contributed by atoms with van der Waals surface area (Å²) in [6.07, 6.45) is 2.62. The van der Waals surface area contributed by atoms with Gasteiger partial charge in [0, 0.05) is 18.8 Å². The van der Waals surface area contributed by atoms with Crippen molar-refractivity contribution in [3.8, 4) is 0 Å². The molecule has 0 heterocycles. The van der Waals surface area contributed by atoms with Crippen LogP contribution < -0.4 is 10.4 Å². The minimum Gasteiger partial charge on any atom is -0.406 e. The Labute approximate surface area is 169 Å². The van der Waals surface area contributed by atoms with E-state index in [-0.39, 0.29) is 15.4 Å². The number of allylic oxidation sites excluding steroid dienone is 1. The zero-order valence-electron chi connectivity index (χ0n) is 16.8. The van der Waals surface area contributed by atoms with Crippen LogP contribution in [0.1, 0.15) is 34.1 Å². The first kappa shape index (κ1) is 21.7. The lowest BCUT2D eigenvalue weighted by Gasteiger charge is -2.43. The summed E-state index contributed by atoms with van der Waals surface area (Å²) in [5.74, 6) is 0. The third kappa shape index (κ3) is 5.22. The zero-order valence-corrected chi connectivity index (χ0v) is 18.6. The van der Waals surface area contributed by atoms with Gasteiger partial charge in [-0.3, -0.25) is 4.79 Å². The predicted octanol–water partition coefficient (Wildman–Crippen LogP) is 4.79. The topological polar surface area (TPSA) is 26.3 Å². The number of hydrogen-bond donors (Lipinski definition) is 0. The SMILES string of the molecule is C=CC[C@@H](CO[Si](c1ccccc1)(c1ccccc1)C(C)(C)C)SC(C)=O. The van der Waals surface area contributed by atoms with Crippen LogP contribution in [0.2, 0.25) is 5.04 Å². The summed E-state index contributed by atoms with van der Waals surface area (Å²) >= 11 is 1.35. The molecule has 0 aromatic heterocycles. The highest BCUT2D eigenvalue weighted by atomic mass is 32.2. The van der Waals surface area contributed by atoms with Crippen molar-refractivity contribution in [2.75, 3.05) is 6.61 Å². The third-order valence-corrected chi connectivity index (χ3v) is 10.7. The standard InChI is InChI=1S/C23H30O2SSi/c1-6-13-20(26-19(2)24)18-25-27(23(3,4)5,21-14-9-7-10-15-21)22-16-11-8-12-17-22/h6-12,14-17,20H,1,13,18H2,2-5H3/t20-/m0/s1. The molecule has 0 fully saturated rings. The molecule has 4 heteroatoms. The molecule has 0 aliphatic rings. The van der Waals surface area contributed by atoms with E-state index in [2.05, 4.69) is 75.9 Å². The molecular formula is C23H30O2SSi. The molecule has 2 aromatic rings. The van der Waals surface area contributed by atoms with Crippen molar-refractivity contribution in [1.29, 1.82) is 0 Å². The van der Waals surface area contributed by atoms with Crippen LogP contribution in [-0.2, 0) is 9.22 Å². The average Bonchev–Trinajstić information content (AvgIpc) is 2.62. The molecule has 27 heavy (non-hydrogen) atoms. The predicted molar refractivity (Wildman–Crippen MR) is 120 cm³/mol. The minimum absolute atomic E-state index is 0.0602. The minimum atomic E-state index is -2.55. The molecule has 0 aliphatic carbocycles. The summed E-state index contributed by atoms with van der Waals surface area (Å²) in [6, 6.07) is 21.2. The van der Waals surface area contributed by atoms with E-state index in [1.165, 1.54) is 22.1 Å². The molecule has 0 bridgehead atoms. The average molecular weight is 399 g/mol. The van der Waals surface area contributed by atoms with Gasteiger partial charge in [-0.05, 0) is 21.8 Å². The van der Waals surface area contributed by atoms with Crippen molar-refractivity contribution in [2.45, 2.75) is 44.4 Å². The zero-order chi connectivity index (χ0) is 19.9. The van der Waals surface area contributed by atoms with Crippen LogP contribution in [0.3, 0.4) is 0 Å². The molecule has 144 valence electrons. The Morgan fingerprint density at radius 3 is 1.93 bits per heavy atom. The molecule has 0 aliphatic heterocycles. The number of hydrogen-bond acceptors (Lipinski definition) is 3. The Morgan fingerprint density at radius 2 is 1.56 bits per heavy atom. The third-order valence-electron chi connectivity index (χ3n) is 4.66. The molecule has 0 saturated heterocycles. The maximum Gasteiger partial charge on any atom is 0.261 e. The molecule has 2 aromatic carbocycles. The second-order valence-corrected chi connectivity index (χ2v) is 13.5. The number of benzene rings is 2. The van der Waals surface area contributed by atoms with E-state index in [1.54, 1.807) is 6.92 Å². The van der Waals surface area contributed by atoms with E-state index in [9.17, 15) is 4.79 Å². The van der Waals surface area contributed by atoms with E-state index in [0.717, 1.165) is 6.42 Å². The summed E-state index contributed by atoms with van der Waals surface area (Å²) in [7, 11) is -2.55. The van der Waals surface area contributed by atoms with Gasteiger partial charge in [0.2, 0.25) is 0 Å². The molecular weight excluding hydrogens is 368 g/mol. The fraction of sp³-hybridized carbons (Fsp3) is 0.348. The molecule has 0 radical (unpaired) electrons. The van der Waals surface area contributed by atoms with Crippen LogP contribution >= 0.6 is 11.8 Å². The van der Waals surface area contributed by atoms with Crippen LogP contribution in [-0.4, -0.2) is 25.3 Å². The van der Waals surface area contributed by atoms with Crippen LogP contribution in [0, 0.1) is 0 Å². The molecule has 0 N–H and O–H groups in total. The van der Waals surface area contributed by atoms with E-state index in [1.807, 2.05) is 18.2 Å². The van der Waals surface area contributed by atoms with E-state index in [0.29, 0.717) is 6.61 Å². The van der Waals surface area contributed by atoms with Gasteiger partial charge in [-0.25, -0.2) is 0 Å². The molecule has 0 saturated carbocycles. The Morgan fingerprint density at radius 1 is 1.07 bits per heavy atom. The van der Waals surface area contributed by atoms with Gasteiger partial charge in [-0.1, -0.05) is 99.3 Å². The molecule has 0 amide bonds. The smallest absolute Gasteiger partial charge is 0.261 e. The first-order valence-corrected chi connectivity index (χ1v) is 12.1. The number of rotatable bonds is 8. The lowest BCUT2D eigenvalue weighted by molar-refractivity contribution is -0.109. The first-order valence-electron chi connectivity index (χ1n) is 9.34. The van der Waals surface area contributed by atoms with Gasteiger partial charge >= 0.3 is 0 Å². The molecule has 2 nitrogen and oxygen atoms in total. The van der Waals surface area contributed by atoms with Crippen molar-refractivity contribution < 1.29 is 9.22 Å². The summed E-state index contributed by atoms with van der Waals surface area (Å²) in [5.41, 5.74) is 0. The van der Waals surface area contributed by atoms with Gasteiger partial charge in [0.15, 0.2) is 5.12 Å². The highest BCUT2D eigenvalue weighted by Crippen LogP contribution is 2.37. The van der Waals surface area contributed by atoms with Gasteiger partial charge < -0.3 is 4.43 Å². The maximum absolute atomic E-state index is 11.7. The van der Waals surface area contributed by atoms with E-state index >= 15 is 0 Å². The maximum atomic E-state index is 11.7. The lowest BCUT2D eigenvalue weighted by Crippen LogP contribution is -2.67. The molecule has 0 unspecified atom stereocenters. The number of carbonyl (C=O) groups is 1. The lowest BCUT2D eigenvalue weighted by atomic mass is 10.2. The van der Waals surface area contributed by atoms with Gasteiger partial charge in [-0.15, -0.1) is 6.58 Å². The van der Waals surface area contributed by atoms with Crippen LogP contribution in [0.5, 0.6) is 0 Å². The van der Waals surface area contributed by atoms with Crippen molar-refractivity contribution in [3.05, 3.63) is 73.3 Å². The Balaban J connectivity index is 2.52. The van der Waals surface area contributed by atoms with Crippen LogP contribution in [0.4, 0.5) is 0 Å². The normalized spacial score (nSPS) is 13.2. The van der Waals surface area contributed by atoms with Crippen LogP contribution in [0.15, 0.2) is 73.3 Å². The van der Waals surface area contributed by atoms with Crippen molar-refractivity contribution in [1.82, 2.24) is 0 Å². The fourth-order valence-electron chi connectivity index (χ4n) is 3.55. The summed E-state index contributed by atoms with van der Waals surface area (Å²) in [6.45, 7) is 12.8. The Bertz CT molecular complexity index is 698. The second-order valence-electron chi connectivity index (χ2n) is 7.73. The second kappa shape index (κ2) is 9.54. The fourth-order valence-corrected chi connectivity index (χ4v) is 9.12. The highest BCUT2D eigenvalue weighted by molar-refractivity contribution is 8.14. The first-order chi connectivity index (χ1) is 12.8. The van der Waals surface area contributed by atoms with Gasteiger partial charge in [0.1, 0.15) is 0 Å². The Hall–Kier alpha value is -1.62. The number of thioether (sulfide) groups is 1. The molecule has 1 atom stereocenters. The van der Waals surface area contributed by atoms with Crippen molar-refractivity contribution in [2.24, 2.45) is 0 Å².